The molecule has 0 saturated carbocycles. The molecule has 1 N–H and O–H groups in total. The van der Waals surface area contributed by atoms with E-state index >= 15 is 0 Å². The Hall–Kier alpha value is -1.40. The minimum absolute atomic E-state index is 0.114. The second-order valence-electron chi connectivity index (χ2n) is 5.24. The summed E-state index contributed by atoms with van der Waals surface area (Å²) in [4.78, 5) is 2.35. The molecule has 0 spiro atoms. The van der Waals surface area contributed by atoms with Gasteiger partial charge in [-0.25, -0.2) is 0 Å². The van der Waals surface area contributed by atoms with Gasteiger partial charge in [0.05, 0.1) is 0 Å². The molecule has 0 bridgehead atoms. The zero-order valence-corrected chi connectivity index (χ0v) is 12.0. The van der Waals surface area contributed by atoms with Gasteiger partial charge in [0.25, 0.3) is 10.0 Å². The highest BCUT2D eigenvalue weighted by molar-refractivity contribution is 7.90. The Balaban J connectivity index is 2.01. The maximum Gasteiger partial charge on any atom is 0.285 e. The Bertz CT molecular complexity index is 638. The Labute approximate surface area is 119 Å². The summed E-state index contributed by atoms with van der Waals surface area (Å²) >= 11 is 0. The van der Waals surface area contributed by atoms with Crippen LogP contribution in [0, 0.1) is 0 Å². The molecule has 1 atom stereocenters. The Morgan fingerprint density at radius 1 is 1.30 bits per heavy atom. The van der Waals surface area contributed by atoms with Gasteiger partial charge in [0, 0.05) is 24.8 Å². The fourth-order valence-electron chi connectivity index (χ4n) is 3.02. The first-order chi connectivity index (χ1) is 9.63. The highest BCUT2D eigenvalue weighted by Gasteiger charge is 2.35. The molecule has 2 heterocycles. The normalized spacial score (nSPS) is 24.4. The van der Waals surface area contributed by atoms with Gasteiger partial charge in [-0.15, -0.1) is 4.40 Å². The molecule has 1 fully saturated rings. The zero-order chi connectivity index (χ0) is 14.2. The topological polar surface area (TPSA) is 70.0 Å². The van der Waals surface area contributed by atoms with Crippen LogP contribution in [0.25, 0.3) is 0 Å². The van der Waals surface area contributed by atoms with Crippen LogP contribution >= 0.6 is 0 Å². The van der Waals surface area contributed by atoms with Crippen molar-refractivity contribution in [3.63, 3.8) is 0 Å². The SMILES string of the molecule is O=S1(=O)N=C(N2CCCCC2CCO)c2ccccc21. The summed E-state index contributed by atoms with van der Waals surface area (Å²) in [7, 11) is -3.56. The predicted molar refractivity (Wildman–Crippen MR) is 76.2 cm³/mol. The largest absolute Gasteiger partial charge is 0.396 e. The molecular formula is C14H18N2O3S. The van der Waals surface area contributed by atoms with Gasteiger partial charge in [-0.3, -0.25) is 0 Å². The molecule has 0 aliphatic carbocycles. The highest BCUT2D eigenvalue weighted by Crippen LogP contribution is 2.31. The average molecular weight is 294 g/mol. The van der Waals surface area contributed by atoms with Crippen LogP contribution < -0.4 is 0 Å². The third-order valence-electron chi connectivity index (χ3n) is 3.97. The fraction of sp³-hybridized carbons (Fsp3) is 0.500. The number of likely N-dealkylation sites (tertiary alicyclic amines) is 1. The van der Waals surface area contributed by atoms with Crippen LogP contribution in [0.5, 0.6) is 0 Å². The number of sulfonamides is 1. The molecule has 3 rings (SSSR count). The lowest BCUT2D eigenvalue weighted by Gasteiger charge is -2.37. The first kappa shape index (κ1) is 13.6. The summed E-state index contributed by atoms with van der Waals surface area (Å²) in [6.45, 7) is 0.913. The number of amidine groups is 1. The molecule has 0 amide bonds. The van der Waals surface area contributed by atoms with Crippen molar-refractivity contribution in [3.8, 4) is 0 Å². The number of aliphatic hydroxyl groups is 1. The van der Waals surface area contributed by atoms with Crippen LogP contribution in [-0.4, -0.2) is 43.5 Å². The van der Waals surface area contributed by atoms with E-state index in [9.17, 15) is 13.5 Å². The van der Waals surface area contributed by atoms with E-state index in [1.807, 2.05) is 12.1 Å². The Kier molecular flexibility index (Phi) is 3.52. The highest BCUT2D eigenvalue weighted by atomic mass is 32.2. The number of benzene rings is 1. The molecule has 2 aliphatic rings. The van der Waals surface area contributed by atoms with Crippen molar-refractivity contribution in [2.24, 2.45) is 4.40 Å². The third-order valence-corrected chi connectivity index (χ3v) is 5.30. The van der Waals surface area contributed by atoms with E-state index in [0.29, 0.717) is 22.7 Å². The number of hydrogen-bond acceptors (Lipinski definition) is 4. The zero-order valence-electron chi connectivity index (χ0n) is 11.2. The van der Waals surface area contributed by atoms with Crippen LogP contribution in [0.3, 0.4) is 0 Å². The summed E-state index contributed by atoms with van der Waals surface area (Å²) in [5.74, 6) is 0.554. The molecule has 1 unspecified atom stereocenters. The van der Waals surface area contributed by atoms with Crippen molar-refractivity contribution < 1.29 is 13.5 Å². The summed E-state index contributed by atoms with van der Waals surface area (Å²) in [6.07, 6.45) is 3.77. The van der Waals surface area contributed by atoms with E-state index in [-0.39, 0.29) is 12.6 Å². The van der Waals surface area contributed by atoms with E-state index < -0.39 is 10.0 Å². The van der Waals surface area contributed by atoms with Gasteiger partial charge in [0.1, 0.15) is 4.90 Å². The molecule has 2 aliphatic heterocycles. The summed E-state index contributed by atoms with van der Waals surface area (Å²) < 4.78 is 28.2. The fourth-order valence-corrected chi connectivity index (χ4v) is 4.24. The monoisotopic (exact) mass is 294 g/mol. The number of piperidine rings is 1. The van der Waals surface area contributed by atoms with Gasteiger partial charge in [-0.2, -0.15) is 8.42 Å². The minimum atomic E-state index is -3.56. The summed E-state index contributed by atoms with van der Waals surface area (Å²) in [5, 5.41) is 9.19. The number of aliphatic hydroxyl groups excluding tert-OH is 1. The van der Waals surface area contributed by atoms with Crippen molar-refractivity contribution in [2.45, 2.75) is 36.6 Å². The van der Waals surface area contributed by atoms with E-state index in [4.69, 9.17) is 0 Å². The number of rotatable bonds is 2. The van der Waals surface area contributed by atoms with Crippen LogP contribution in [0.1, 0.15) is 31.2 Å². The number of fused-ring (bicyclic) bond motifs is 1. The predicted octanol–water partition coefficient (Wildman–Crippen LogP) is 1.37. The number of hydrogen-bond donors (Lipinski definition) is 1. The Morgan fingerprint density at radius 3 is 2.90 bits per heavy atom. The summed E-state index contributed by atoms with van der Waals surface area (Å²) in [6, 6.07) is 7.14. The van der Waals surface area contributed by atoms with Gasteiger partial charge in [-0.1, -0.05) is 12.1 Å². The second-order valence-corrected chi connectivity index (χ2v) is 6.81. The lowest BCUT2D eigenvalue weighted by molar-refractivity contribution is 0.185. The quantitative estimate of drug-likeness (QED) is 0.894. The van der Waals surface area contributed by atoms with Gasteiger partial charge in [0.2, 0.25) is 0 Å². The van der Waals surface area contributed by atoms with E-state index in [0.717, 1.165) is 25.8 Å². The van der Waals surface area contributed by atoms with E-state index in [1.54, 1.807) is 12.1 Å². The summed E-state index contributed by atoms with van der Waals surface area (Å²) in [5.41, 5.74) is 0.692. The molecule has 6 heteroatoms. The standard InChI is InChI=1S/C14H18N2O3S/c17-10-8-11-5-3-4-9-16(11)14-12-6-1-2-7-13(12)20(18,19)15-14/h1-2,6-7,11,17H,3-5,8-10H2. The van der Waals surface area contributed by atoms with Crippen LogP contribution in [0.15, 0.2) is 33.6 Å². The van der Waals surface area contributed by atoms with Crippen LogP contribution in [-0.2, 0) is 10.0 Å². The molecule has 1 saturated heterocycles. The third kappa shape index (κ3) is 2.23. The second kappa shape index (κ2) is 5.18. The molecule has 0 aromatic heterocycles. The van der Waals surface area contributed by atoms with Crippen molar-refractivity contribution in [1.82, 2.24) is 4.90 Å². The molecule has 108 valence electrons. The molecule has 20 heavy (non-hydrogen) atoms. The maximum atomic E-state index is 12.1. The van der Waals surface area contributed by atoms with Crippen molar-refractivity contribution in [2.75, 3.05) is 13.2 Å². The molecular weight excluding hydrogens is 276 g/mol. The maximum absolute atomic E-state index is 12.1. The van der Waals surface area contributed by atoms with Gasteiger partial charge in [-0.05, 0) is 37.8 Å². The van der Waals surface area contributed by atoms with Gasteiger partial charge >= 0.3 is 0 Å². The van der Waals surface area contributed by atoms with Crippen LogP contribution in [0.4, 0.5) is 0 Å². The smallest absolute Gasteiger partial charge is 0.285 e. The minimum Gasteiger partial charge on any atom is -0.396 e. The molecule has 1 aromatic rings. The lowest BCUT2D eigenvalue weighted by atomic mass is 9.98. The molecule has 1 aromatic carbocycles. The average Bonchev–Trinajstić information content (AvgIpc) is 2.72. The Morgan fingerprint density at radius 2 is 2.10 bits per heavy atom. The van der Waals surface area contributed by atoms with Crippen molar-refractivity contribution >= 4 is 15.9 Å². The first-order valence-electron chi connectivity index (χ1n) is 6.95. The molecule has 5 nitrogen and oxygen atoms in total. The van der Waals surface area contributed by atoms with Gasteiger partial charge in [0.15, 0.2) is 5.84 Å². The lowest BCUT2D eigenvalue weighted by Crippen LogP contribution is -2.44. The van der Waals surface area contributed by atoms with Crippen molar-refractivity contribution in [1.29, 1.82) is 0 Å². The number of nitrogens with zero attached hydrogens (tertiary/aromatic N) is 2. The molecule has 0 radical (unpaired) electrons. The van der Waals surface area contributed by atoms with E-state index in [1.165, 1.54) is 0 Å². The van der Waals surface area contributed by atoms with Gasteiger partial charge < -0.3 is 10.0 Å². The van der Waals surface area contributed by atoms with Crippen molar-refractivity contribution in [3.05, 3.63) is 29.8 Å². The first-order valence-corrected chi connectivity index (χ1v) is 8.39. The van der Waals surface area contributed by atoms with Crippen LogP contribution in [0.2, 0.25) is 0 Å². The van der Waals surface area contributed by atoms with E-state index in [2.05, 4.69) is 9.30 Å².